The predicted octanol–water partition coefficient (Wildman–Crippen LogP) is 4.74. The summed E-state index contributed by atoms with van der Waals surface area (Å²) in [6.45, 7) is 20.4. The van der Waals surface area contributed by atoms with Crippen molar-refractivity contribution in [2.45, 2.75) is 105 Å². The number of benzene rings is 1. The third-order valence-electron chi connectivity index (χ3n) is 4.90. The topological polar surface area (TPSA) is 87.7 Å². The third kappa shape index (κ3) is 8.71. The predicted molar refractivity (Wildman–Crippen MR) is 132 cm³/mol. The van der Waals surface area contributed by atoms with Crippen LogP contribution in [-0.4, -0.2) is 46.0 Å². The maximum absolute atomic E-state index is 14.0. The van der Waals surface area contributed by atoms with E-state index in [1.807, 2.05) is 79.7 Å². The van der Waals surface area contributed by atoms with Gasteiger partial charge >= 0.3 is 6.09 Å². The zero-order valence-electron chi connectivity index (χ0n) is 22.2. The molecule has 0 aliphatic rings. The fraction of sp³-hybridized carbons (Fsp3) is 0.654. The van der Waals surface area contributed by atoms with Crippen LogP contribution in [0.25, 0.3) is 0 Å². The van der Waals surface area contributed by atoms with Crippen LogP contribution in [0, 0.1) is 12.8 Å². The Balaban J connectivity index is 3.51. The normalized spacial score (nSPS) is 14.0. The zero-order valence-corrected chi connectivity index (χ0v) is 22.2. The van der Waals surface area contributed by atoms with Gasteiger partial charge in [0.1, 0.15) is 17.7 Å². The van der Waals surface area contributed by atoms with Gasteiger partial charge in [0.05, 0.1) is 0 Å². The number of nitrogens with zero attached hydrogens (tertiary/aromatic N) is 1. The van der Waals surface area contributed by atoms with Crippen LogP contribution >= 0.6 is 0 Å². The Morgan fingerprint density at radius 3 is 1.79 bits per heavy atom. The lowest BCUT2D eigenvalue weighted by Gasteiger charge is -2.43. The molecule has 0 bridgehead atoms. The highest BCUT2D eigenvalue weighted by atomic mass is 16.6. The van der Waals surface area contributed by atoms with Crippen molar-refractivity contribution in [1.29, 1.82) is 0 Å². The van der Waals surface area contributed by atoms with Crippen LogP contribution in [0.1, 0.15) is 86.4 Å². The van der Waals surface area contributed by atoms with Crippen molar-refractivity contribution >= 4 is 17.9 Å². The number of alkyl carbamates (subject to hydrolysis) is 1. The quantitative estimate of drug-likeness (QED) is 0.614. The summed E-state index contributed by atoms with van der Waals surface area (Å²) in [5, 5.41) is 5.69. The van der Waals surface area contributed by atoms with Crippen molar-refractivity contribution in [2.75, 3.05) is 0 Å². The summed E-state index contributed by atoms with van der Waals surface area (Å²) in [5.41, 5.74) is 0.368. The van der Waals surface area contributed by atoms with Crippen molar-refractivity contribution in [2.24, 2.45) is 5.92 Å². The summed E-state index contributed by atoms with van der Waals surface area (Å²) in [7, 11) is 0. The maximum Gasteiger partial charge on any atom is 0.408 e. The van der Waals surface area contributed by atoms with Crippen LogP contribution in [0.5, 0.6) is 0 Å². The minimum atomic E-state index is -0.862. The monoisotopic (exact) mass is 461 g/mol. The van der Waals surface area contributed by atoms with E-state index in [4.69, 9.17) is 4.74 Å². The molecule has 186 valence electrons. The smallest absolute Gasteiger partial charge is 0.408 e. The number of hydrogen-bond acceptors (Lipinski definition) is 4. The SMILES string of the molecule is Cc1ccc(C(C(=O)NC(C)C)N(C(=O)C(NC(=O)OC(C)(C)C)C(C)C)C(C)(C)C)cc1. The second-order valence-corrected chi connectivity index (χ2v) is 11.2. The molecular formula is C26H43N3O4. The van der Waals surface area contributed by atoms with Crippen LogP contribution in [0.4, 0.5) is 4.79 Å². The van der Waals surface area contributed by atoms with E-state index in [0.717, 1.165) is 5.56 Å². The summed E-state index contributed by atoms with van der Waals surface area (Å²) in [5.74, 6) is -0.827. The first-order valence-electron chi connectivity index (χ1n) is 11.6. The molecule has 0 heterocycles. The van der Waals surface area contributed by atoms with Gasteiger partial charge in [0, 0.05) is 11.6 Å². The highest BCUT2D eigenvalue weighted by molar-refractivity contribution is 5.92. The number of carbonyl (C=O) groups is 3. The van der Waals surface area contributed by atoms with Gasteiger partial charge < -0.3 is 20.3 Å². The molecule has 0 aromatic heterocycles. The molecule has 0 saturated heterocycles. The number of carbonyl (C=O) groups excluding carboxylic acids is 3. The minimum absolute atomic E-state index is 0.0943. The number of nitrogens with one attached hydrogen (secondary N) is 2. The van der Waals surface area contributed by atoms with Gasteiger partial charge in [-0.25, -0.2) is 4.79 Å². The van der Waals surface area contributed by atoms with E-state index >= 15 is 0 Å². The Morgan fingerprint density at radius 1 is 0.879 bits per heavy atom. The number of aryl methyl sites for hydroxylation is 1. The summed E-state index contributed by atoms with van der Waals surface area (Å²) in [4.78, 5) is 41.5. The molecule has 0 aliphatic carbocycles. The summed E-state index contributed by atoms with van der Waals surface area (Å²) < 4.78 is 5.39. The first-order chi connectivity index (χ1) is 14.9. The largest absolute Gasteiger partial charge is 0.444 e. The highest BCUT2D eigenvalue weighted by Crippen LogP contribution is 2.31. The number of amides is 3. The molecular weight excluding hydrogens is 418 g/mol. The number of ether oxygens (including phenoxy) is 1. The van der Waals surface area contributed by atoms with E-state index in [2.05, 4.69) is 10.6 Å². The van der Waals surface area contributed by atoms with E-state index in [1.165, 1.54) is 0 Å². The highest BCUT2D eigenvalue weighted by Gasteiger charge is 2.42. The lowest BCUT2D eigenvalue weighted by molar-refractivity contribution is -0.149. The van der Waals surface area contributed by atoms with E-state index in [1.54, 1.807) is 25.7 Å². The molecule has 2 N–H and O–H groups in total. The second kappa shape index (κ2) is 11.0. The average molecular weight is 462 g/mol. The van der Waals surface area contributed by atoms with Crippen molar-refractivity contribution in [3.8, 4) is 0 Å². The van der Waals surface area contributed by atoms with E-state index in [0.29, 0.717) is 5.56 Å². The Kier molecular flexibility index (Phi) is 9.52. The van der Waals surface area contributed by atoms with Gasteiger partial charge in [-0.05, 0) is 73.8 Å². The Labute approximate surface area is 199 Å². The van der Waals surface area contributed by atoms with Crippen molar-refractivity contribution < 1.29 is 19.1 Å². The van der Waals surface area contributed by atoms with Gasteiger partial charge in [-0.2, -0.15) is 0 Å². The van der Waals surface area contributed by atoms with Crippen LogP contribution in [0.2, 0.25) is 0 Å². The summed E-state index contributed by atoms with van der Waals surface area (Å²) in [6, 6.07) is 5.78. The average Bonchev–Trinajstić information content (AvgIpc) is 2.61. The summed E-state index contributed by atoms with van der Waals surface area (Å²) in [6.07, 6.45) is -0.665. The molecule has 7 nitrogen and oxygen atoms in total. The van der Waals surface area contributed by atoms with Gasteiger partial charge in [-0.15, -0.1) is 0 Å². The fourth-order valence-electron chi connectivity index (χ4n) is 3.47. The van der Waals surface area contributed by atoms with Gasteiger partial charge in [0.2, 0.25) is 11.8 Å². The first kappa shape index (κ1) is 28.5. The minimum Gasteiger partial charge on any atom is -0.444 e. The molecule has 7 heteroatoms. The number of rotatable bonds is 7. The molecule has 1 aromatic carbocycles. The molecule has 3 amide bonds. The molecule has 0 aliphatic heterocycles. The molecule has 0 fully saturated rings. The molecule has 2 atom stereocenters. The second-order valence-electron chi connectivity index (χ2n) is 11.2. The number of hydrogen-bond donors (Lipinski definition) is 2. The first-order valence-corrected chi connectivity index (χ1v) is 11.6. The summed E-state index contributed by atoms with van der Waals surface area (Å²) >= 11 is 0. The van der Waals surface area contributed by atoms with Crippen LogP contribution in [0.15, 0.2) is 24.3 Å². The third-order valence-corrected chi connectivity index (χ3v) is 4.90. The van der Waals surface area contributed by atoms with Crippen LogP contribution in [0.3, 0.4) is 0 Å². The Morgan fingerprint density at radius 2 is 1.39 bits per heavy atom. The van der Waals surface area contributed by atoms with Gasteiger partial charge in [0.15, 0.2) is 0 Å². The van der Waals surface area contributed by atoms with Gasteiger partial charge in [-0.1, -0.05) is 43.7 Å². The molecule has 0 spiro atoms. The molecule has 1 rings (SSSR count). The lowest BCUT2D eigenvalue weighted by atomic mass is 9.92. The van der Waals surface area contributed by atoms with Crippen molar-refractivity contribution in [3.63, 3.8) is 0 Å². The van der Waals surface area contributed by atoms with E-state index in [-0.39, 0.29) is 23.8 Å². The van der Waals surface area contributed by atoms with Crippen molar-refractivity contribution in [3.05, 3.63) is 35.4 Å². The fourth-order valence-corrected chi connectivity index (χ4v) is 3.47. The standard InChI is InChI=1S/C26H43N3O4/c1-16(2)20(28-24(32)33-26(9,10)11)23(31)29(25(6,7)8)21(22(30)27-17(3)4)19-14-12-18(5)13-15-19/h12-17,20-21H,1-11H3,(H,27,30)(H,28,32). The molecule has 33 heavy (non-hydrogen) atoms. The Bertz CT molecular complexity index is 817. The Hall–Kier alpha value is -2.57. The zero-order chi connectivity index (χ0) is 25.7. The van der Waals surface area contributed by atoms with Gasteiger partial charge in [0.25, 0.3) is 0 Å². The van der Waals surface area contributed by atoms with E-state index in [9.17, 15) is 14.4 Å². The van der Waals surface area contributed by atoms with Gasteiger partial charge in [-0.3, -0.25) is 9.59 Å². The van der Waals surface area contributed by atoms with Crippen molar-refractivity contribution in [1.82, 2.24) is 15.5 Å². The molecule has 0 saturated carbocycles. The van der Waals surface area contributed by atoms with Crippen LogP contribution in [-0.2, 0) is 14.3 Å². The van der Waals surface area contributed by atoms with Crippen LogP contribution < -0.4 is 10.6 Å². The molecule has 2 unspecified atom stereocenters. The maximum atomic E-state index is 14.0. The molecule has 0 radical (unpaired) electrons. The van der Waals surface area contributed by atoms with E-state index < -0.39 is 29.3 Å². The molecule has 1 aromatic rings. The lowest BCUT2D eigenvalue weighted by Crippen LogP contribution is -2.60.